The van der Waals surface area contributed by atoms with Crippen molar-refractivity contribution in [2.45, 2.75) is 10.6 Å². The van der Waals surface area contributed by atoms with Crippen molar-refractivity contribution in [2.24, 2.45) is 0 Å². The lowest BCUT2D eigenvalue weighted by Crippen LogP contribution is -2.11. The molecule has 2 aromatic rings. The van der Waals surface area contributed by atoms with Gasteiger partial charge in [0.05, 0.1) is 16.2 Å². The van der Waals surface area contributed by atoms with E-state index in [-0.39, 0.29) is 16.2 Å². The van der Waals surface area contributed by atoms with Crippen molar-refractivity contribution in [3.05, 3.63) is 63.1 Å². The first-order valence-corrected chi connectivity index (χ1v) is 8.62. The van der Waals surface area contributed by atoms with E-state index < -0.39 is 15.8 Å². The summed E-state index contributed by atoms with van der Waals surface area (Å²) in [4.78, 5) is 11.0. The van der Waals surface area contributed by atoms with Gasteiger partial charge in [0.2, 0.25) is 0 Å². The highest BCUT2D eigenvalue weighted by Crippen LogP contribution is 2.26. The van der Waals surface area contributed by atoms with Gasteiger partial charge in [0.15, 0.2) is 9.84 Å². The molecule has 2 rings (SSSR count). The maximum Gasteiger partial charge on any atom is 0.337 e. The fourth-order valence-electron chi connectivity index (χ4n) is 1.83. The molecule has 0 amide bonds. The topological polar surface area (TPSA) is 71.4 Å². The first kappa shape index (κ1) is 16.0. The molecule has 0 saturated carbocycles. The van der Waals surface area contributed by atoms with Gasteiger partial charge in [0.25, 0.3) is 0 Å². The molecule has 0 fully saturated rings. The molecule has 21 heavy (non-hydrogen) atoms. The molecule has 110 valence electrons. The lowest BCUT2D eigenvalue weighted by atomic mass is 10.2. The molecule has 4 nitrogen and oxygen atoms in total. The van der Waals surface area contributed by atoms with Crippen LogP contribution in [0.5, 0.6) is 0 Å². The quantitative estimate of drug-likeness (QED) is 0.864. The molecule has 0 aliphatic heterocycles. The summed E-state index contributed by atoms with van der Waals surface area (Å²) < 4.78 is 25.5. The average Bonchev–Trinajstić information content (AvgIpc) is 2.41. The second kappa shape index (κ2) is 6.17. The van der Waals surface area contributed by atoms with E-state index in [1.165, 1.54) is 18.2 Å². The maximum atomic E-state index is 12.5. The monoisotopic (exact) mass is 388 g/mol. The molecular weight excluding hydrogens is 380 g/mol. The van der Waals surface area contributed by atoms with E-state index in [4.69, 9.17) is 16.7 Å². The van der Waals surface area contributed by atoms with Gasteiger partial charge in [-0.1, -0.05) is 45.7 Å². The molecule has 1 N–H and O–H groups in total. The number of halogens is 2. The van der Waals surface area contributed by atoms with Gasteiger partial charge < -0.3 is 5.11 Å². The minimum atomic E-state index is -3.83. The normalized spacial score (nSPS) is 11.3. The van der Waals surface area contributed by atoms with Crippen LogP contribution in [0.4, 0.5) is 0 Å². The third kappa shape index (κ3) is 3.64. The van der Waals surface area contributed by atoms with E-state index in [2.05, 4.69) is 15.9 Å². The molecule has 0 saturated heterocycles. The van der Waals surface area contributed by atoms with E-state index >= 15 is 0 Å². The molecule has 0 spiro atoms. The van der Waals surface area contributed by atoms with Crippen molar-refractivity contribution >= 4 is 43.3 Å². The third-order valence-electron chi connectivity index (χ3n) is 2.81. The number of hydrogen-bond donors (Lipinski definition) is 1. The number of benzene rings is 2. The predicted molar refractivity (Wildman–Crippen MR) is 83.4 cm³/mol. The summed E-state index contributed by atoms with van der Waals surface area (Å²) in [7, 11) is -3.83. The summed E-state index contributed by atoms with van der Waals surface area (Å²) in [5, 5.41) is 9.46. The Balaban J connectivity index is 2.52. The summed E-state index contributed by atoms with van der Waals surface area (Å²) in [6, 6.07) is 10.6. The number of aromatic carboxylic acids is 1. The van der Waals surface area contributed by atoms with Crippen molar-refractivity contribution in [3.8, 4) is 0 Å². The van der Waals surface area contributed by atoms with E-state index in [0.717, 1.165) is 0 Å². The minimum Gasteiger partial charge on any atom is -0.478 e. The zero-order valence-electron chi connectivity index (χ0n) is 10.6. The van der Waals surface area contributed by atoms with Crippen molar-refractivity contribution in [1.82, 2.24) is 0 Å². The zero-order chi connectivity index (χ0) is 15.6. The van der Waals surface area contributed by atoms with E-state index in [0.29, 0.717) is 15.1 Å². The minimum absolute atomic E-state index is 0.232. The lowest BCUT2D eigenvalue weighted by Gasteiger charge is -2.09. The van der Waals surface area contributed by atoms with Crippen LogP contribution < -0.4 is 0 Å². The van der Waals surface area contributed by atoms with Crippen LogP contribution in [0.25, 0.3) is 0 Å². The molecule has 2 aromatic carbocycles. The van der Waals surface area contributed by atoms with Crippen LogP contribution in [0.1, 0.15) is 15.9 Å². The van der Waals surface area contributed by atoms with Crippen LogP contribution in [0.3, 0.4) is 0 Å². The van der Waals surface area contributed by atoms with Gasteiger partial charge in [-0.25, -0.2) is 13.2 Å². The predicted octanol–water partition coefficient (Wildman–Crippen LogP) is 3.77. The summed E-state index contributed by atoms with van der Waals surface area (Å²) in [6.45, 7) is 0. The fourth-order valence-corrected chi connectivity index (χ4v) is 4.24. The Hall–Kier alpha value is -1.37. The van der Waals surface area contributed by atoms with Gasteiger partial charge in [0, 0.05) is 9.50 Å². The number of carbonyl (C=O) groups is 1. The van der Waals surface area contributed by atoms with Crippen molar-refractivity contribution in [3.63, 3.8) is 0 Å². The second-order valence-electron chi connectivity index (χ2n) is 4.30. The largest absolute Gasteiger partial charge is 0.478 e. The molecule has 0 unspecified atom stereocenters. The lowest BCUT2D eigenvalue weighted by molar-refractivity contribution is 0.0692. The molecule has 0 bridgehead atoms. The van der Waals surface area contributed by atoms with Gasteiger partial charge >= 0.3 is 5.97 Å². The number of hydrogen-bond acceptors (Lipinski definition) is 3. The Kier molecular flexibility index (Phi) is 4.70. The molecule has 7 heteroatoms. The Morgan fingerprint density at radius 3 is 2.48 bits per heavy atom. The number of sulfone groups is 1. The van der Waals surface area contributed by atoms with E-state index in [9.17, 15) is 13.2 Å². The van der Waals surface area contributed by atoms with Crippen molar-refractivity contribution in [2.75, 3.05) is 0 Å². The molecule has 0 aliphatic rings. The third-order valence-corrected chi connectivity index (χ3v) is 5.37. The number of carboxylic acid groups (broad SMARTS) is 1. The van der Waals surface area contributed by atoms with Crippen molar-refractivity contribution in [1.29, 1.82) is 0 Å². The highest BCUT2D eigenvalue weighted by Gasteiger charge is 2.24. The second-order valence-corrected chi connectivity index (χ2v) is 7.58. The molecule has 0 aromatic heterocycles. The maximum absolute atomic E-state index is 12.5. The molecule has 0 heterocycles. The van der Waals surface area contributed by atoms with Gasteiger partial charge in [-0.3, -0.25) is 0 Å². The highest BCUT2D eigenvalue weighted by atomic mass is 79.9. The number of carboxylic acids is 1. The van der Waals surface area contributed by atoms with E-state index in [1.54, 1.807) is 24.3 Å². The molecule has 0 radical (unpaired) electrons. The summed E-state index contributed by atoms with van der Waals surface area (Å²) in [6.07, 6.45) is 0. The first-order chi connectivity index (χ1) is 9.81. The van der Waals surface area contributed by atoms with Crippen molar-refractivity contribution < 1.29 is 18.3 Å². The van der Waals surface area contributed by atoms with Crippen LogP contribution in [-0.2, 0) is 15.6 Å². The Bertz CT molecular complexity index is 802. The molecule has 0 aliphatic carbocycles. The molecular formula is C14H10BrClO4S. The van der Waals surface area contributed by atoms with Gasteiger partial charge in [-0.2, -0.15) is 0 Å². The van der Waals surface area contributed by atoms with Gasteiger partial charge in [0.1, 0.15) is 0 Å². The van der Waals surface area contributed by atoms with Crippen LogP contribution in [-0.4, -0.2) is 19.5 Å². The van der Waals surface area contributed by atoms with Crippen LogP contribution in [0, 0.1) is 0 Å². The van der Waals surface area contributed by atoms with Crippen LogP contribution in [0.2, 0.25) is 5.02 Å². The van der Waals surface area contributed by atoms with Gasteiger partial charge in [-0.05, 0) is 29.8 Å². The Labute approximate surface area is 135 Å². The summed E-state index contributed by atoms with van der Waals surface area (Å²) >= 11 is 9.12. The summed E-state index contributed by atoms with van der Waals surface area (Å²) in [5.74, 6) is -1.65. The highest BCUT2D eigenvalue weighted by molar-refractivity contribution is 9.10. The Morgan fingerprint density at radius 2 is 1.86 bits per heavy atom. The Morgan fingerprint density at radius 1 is 1.19 bits per heavy atom. The van der Waals surface area contributed by atoms with Crippen LogP contribution >= 0.6 is 27.5 Å². The van der Waals surface area contributed by atoms with E-state index in [1.807, 2.05) is 0 Å². The van der Waals surface area contributed by atoms with Crippen LogP contribution in [0.15, 0.2) is 51.8 Å². The fraction of sp³-hybridized carbons (Fsp3) is 0.0714. The standard InChI is InChI=1S/C14H10BrClO4S/c15-10-5-6-11(14(17)18)13(7-10)21(19,20)8-9-3-1-2-4-12(9)16/h1-7H,8H2,(H,17,18). The average molecular weight is 390 g/mol. The van der Waals surface area contributed by atoms with Gasteiger partial charge in [-0.15, -0.1) is 0 Å². The molecule has 0 atom stereocenters. The smallest absolute Gasteiger partial charge is 0.337 e. The SMILES string of the molecule is O=C(O)c1ccc(Br)cc1S(=O)(=O)Cc1ccccc1Cl. The first-order valence-electron chi connectivity index (χ1n) is 5.80. The number of rotatable bonds is 4. The zero-order valence-corrected chi connectivity index (χ0v) is 13.7. The summed E-state index contributed by atoms with van der Waals surface area (Å²) in [5.41, 5.74) is 0.167.